The van der Waals surface area contributed by atoms with Gasteiger partial charge >= 0.3 is 0 Å². The van der Waals surface area contributed by atoms with E-state index in [1.165, 1.54) is 0 Å². The molecule has 0 amide bonds. The van der Waals surface area contributed by atoms with Gasteiger partial charge in [-0.05, 0) is 25.2 Å². The van der Waals surface area contributed by atoms with E-state index in [9.17, 15) is 0 Å². The van der Waals surface area contributed by atoms with Gasteiger partial charge in [-0.2, -0.15) is 5.10 Å². The van der Waals surface area contributed by atoms with Crippen LogP contribution in [-0.2, 0) is 13.5 Å². The summed E-state index contributed by atoms with van der Waals surface area (Å²) >= 11 is 4.94. The fraction of sp³-hybridized carbons (Fsp3) is 0.667. The van der Waals surface area contributed by atoms with Crippen molar-refractivity contribution in [3.63, 3.8) is 0 Å². The van der Waals surface area contributed by atoms with Crippen LogP contribution in [0.15, 0.2) is 0 Å². The molecule has 1 aromatic rings. The topological polar surface area (TPSA) is 59.6 Å². The van der Waals surface area contributed by atoms with E-state index in [1.54, 1.807) is 0 Å². The Kier molecular flexibility index (Phi) is 2.78. The van der Waals surface area contributed by atoms with Gasteiger partial charge in [-0.15, -0.1) is 0 Å². The van der Waals surface area contributed by atoms with E-state index in [0.717, 1.165) is 18.7 Å². The molecule has 0 aromatic carbocycles. The van der Waals surface area contributed by atoms with Gasteiger partial charge in [0.15, 0.2) is 4.77 Å². The third-order valence-electron chi connectivity index (χ3n) is 1.58. The first kappa shape index (κ1) is 8.42. The highest BCUT2D eigenvalue weighted by Crippen LogP contribution is 1.97. The van der Waals surface area contributed by atoms with Crippen LogP contribution in [0.3, 0.4) is 0 Å². The maximum atomic E-state index is 5.36. The van der Waals surface area contributed by atoms with Gasteiger partial charge in [0.2, 0.25) is 0 Å². The van der Waals surface area contributed by atoms with Crippen molar-refractivity contribution in [3.8, 4) is 0 Å². The zero-order chi connectivity index (χ0) is 8.27. The molecular formula is C6H12N4S. The zero-order valence-corrected chi connectivity index (χ0v) is 7.32. The lowest BCUT2D eigenvalue weighted by molar-refractivity contribution is 0.726. The molecule has 0 atom stereocenters. The van der Waals surface area contributed by atoms with Crippen LogP contribution in [0.1, 0.15) is 12.2 Å². The number of nitrogens with one attached hydrogen (secondary N) is 1. The SMILES string of the molecule is Cn1c(CCCN)n[nH]c1=S. The number of nitrogens with two attached hydrogens (primary N) is 1. The molecule has 0 aliphatic heterocycles. The van der Waals surface area contributed by atoms with Gasteiger partial charge in [-0.3, -0.25) is 5.10 Å². The number of aryl methyl sites for hydroxylation is 1. The molecule has 0 aliphatic carbocycles. The van der Waals surface area contributed by atoms with Crippen molar-refractivity contribution < 1.29 is 0 Å². The Morgan fingerprint density at radius 1 is 1.73 bits per heavy atom. The molecule has 0 saturated carbocycles. The van der Waals surface area contributed by atoms with Crippen molar-refractivity contribution in [2.24, 2.45) is 12.8 Å². The average Bonchev–Trinajstić information content (AvgIpc) is 2.31. The summed E-state index contributed by atoms with van der Waals surface area (Å²) < 4.78 is 2.53. The molecular weight excluding hydrogens is 160 g/mol. The summed E-state index contributed by atoms with van der Waals surface area (Å²) in [5, 5.41) is 6.76. The molecule has 0 aliphatic rings. The summed E-state index contributed by atoms with van der Waals surface area (Å²) in [6.07, 6.45) is 1.84. The monoisotopic (exact) mass is 172 g/mol. The number of hydrogen-bond acceptors (Lipinski definition) is 3. The first-order chi connectivity index (χ1) is 5.25. The molecule has 4 nitrogen and oxygen atoms in total. The van der Waals surface area contributed by atoms with E-state index < -0.39 is 0 Å². The van der Waals surface area contributed by atoms with Crippen molar-refractivity contribution in [3.05, 3.63) is 10.6 Å². The second kappa shape index (κ2) is 3.64. The van der Waals surface area contributed by atoms with E-state index in [2.05, 4.69) is 10.2 Å². The van der Waals surface area contributed by atoms with Crippen LogP contribution in [0, 0.1) is 4.77 Å². The van der Waals surface area contributed by atoms with E-state index in [0.29, 0.717) is 11.3 Å². The smallest absolute Gasteiger partial charge is 0.194 e. The first-order valence-corrected chi connectivity index (χ1v) is 3.97. The minimum atomic E-state index is 0.664. The number of aromatic nitrogens is 3. The summed E-state index contributed by atoms with van der Waals surface area (Å²) in [6.45, 7) is 0.694. The number of rotatable bonds is 3. The number of H-pyrrole nitrogens is 1. The molecule has 0 fully saturated rings. The number of aromatic amines is 1. The fourth-order valence-electron chi connectivity index (χ4n) is 0.863. The minimum Gasteiger partial charge on any atom is -0.330 e. The highest BCUT2D eigenvalue weighted by Gasteiger charge is 1.99. The summed E-state index contributed by atoms with van der Waals surface area (Å²) in [4.78, 5) is 0. The second-order valence-electron chi connectivity index (χ2n) is 2.40. The van der Waals surface area contributed by atoms with E-state index in [-0.39, 0.29) is 0 Å². The summed E-state index contributed by atoms with van der Waals surface area (Å²) in [5.74, 6) is 0.973. The molecule has 0 spiro atoms. The molecule has 1 aromatic heterocycles. The van der Waals surface area contributed by atoms with Crippen molar-refractivity contribution >= 4 is 12.2 Å². The molecule has 0 bridgehead atoms. The van der Waals surface area contributed by atoms with Crippen LogP contribution in [0.5, 0.6) is 0 Å². The standard InChI is InChI=1S/C6H12N4S/c1-10-5(3-2-4-7)8-9-6(10)11/h2-4,7H2,1H3,(H,9,11). The van der Waals surface area contributed by atoms with Gasteiger partial charge in [-0.1, -0.05) is 0 Å². The Hall–Kier alpha value is -0.680. The Balaban J connectivity index is 2.71. The predicted octanol–water partition coefficient (Wildman–Crippen LogP) is 0.369. The van der Waals surface area contributed by atoms with Crippen LogP contribution >= 0.6 is 12.2 Å². The largest absolute Gasteiger partial charge is 0.330 e. The third kappa shape index (κ3) is 1.87. The van der Waals surface area contributed by atoms with Gasteiger partial charge < -0.3 is 10.3 Å². The van der Waals surface area contributed by atoms with Gasteiger partial charge in [0.1, 0.15) is 5.82 Å². The van der Waals surface area contributed by atoms with Crippen molar-refractivity contribution in [1.82, 2.24) is 14.8 Å². The molecule has 11 heavy (non-hydrogen) atoms. The Morgan fingerprint density at radius 3 is 2.91 bits per heavy atom. The lowest BCUT2D eigenvalue weighted by Crippen LogP contribution is -2.04. The second-order valence-corrected chi connectivity index (χ2v) is 2.78. The highest BCUT2D eigenvalue weighted by molar-refractivity contribution is 7.71. The fourth-order valence-corrected chi connectivity index (χ4v) is 1.01. The zero-order valence-electron chi connectivity index (χ0n) is 6.50. The molecule has 0 saturated heterocycles. The summed E-state index contributed by atoms with van der Waals surface area (Å²) in [7, 11) is 1.90. The van der Waals surface area contributed by atoms with Crippen molar-refractivity contribution in [1.29, 1.82) is 0 Å². The quantitative estimate of drug-likeness (QED) is 0.648. The lowest BCUT2D eigenvalue weighted by atomic mass is 10.3. The molecule has 5 heteroatoms. The first-order valence-electron chi connectivity index (χ1n) is 3.56. The van der Waals surface area contributed by atoms with E-state index in [1.807, 2.05) is 11.6 Å². The van der Waals surface area contributed by atoms with Crippen molar-refractivity contribution in [2.45, 2.75) is 12.8 Å². The third-order valence-corrected chi connectivity index (χ3v) is 1.94. The van der Waals surface area contributed by atoms with Gasteiger partial charge in [0.25, 0.3) is 0 Å². The van der Waals surface area contributed by atoms with Crippen LogP contribution in [0.2, 0.25) is 0 Å². The minimum absolute atomic E-state index is 0.664. The average molecular weight is 172 g/mol. The summed E-state index contributed by atoms with van der Waals surface area (Å²) in [5.41, 5.74) is 5.36. The van der Waals surface area contributed by atoms with E-state index >= 15 is 0 Å². The molecule has 0 unspecified atom stereocenters. The van der Waals surface area contributed by atoms with Crippen LogP contribution < -0.4 is 5.73 Å². The van der Waals surface area contributed by atoms with Crippen LogP contribution in [0.4, 0.5) is 0 Å². The van der Waals surface area contributed by atoms with Crippen LogP contribution in [0.25, 0.3) is 0 Å². The number of nitrogens with zero attached hydrogens (tertiary/aromatic N) is 2. The maximum absolute atomic E-state index is 5.36. The maximum Gasteiger partial charge on any atom is 0.194 e. The Morgan fingerprint density at radius 2 is 2.45 bits per heavy atom. The van der Waals surface area contributed by atoms with Gasteiger partial charge in [0.05, 0.1) is 0 Å². The Labute approximate surface area is 70.4 Å². The van der Waals surface area contributed by atoms with Gasteiger partial charge in [0, 0.05) is 13.5 Å². The Bertz CT molecular complexity index is 274. The predicted molar refractivity (Wildman–Crippen MR) is 45.8 cm³/mol. The normalized spacial score (nSPS) is 10.4. The molecule has 62 valence electrons. The highest BCUT2D eigenvalue weighted by atomic mass is 32.1. The molecule has 1 rings (SSSR count). The number of hydrogen-bond donors (Lipinski definition) is 2. The molecule has 3 N–H and O–H groups in total. The lowest BCUT2D eigenvalue weighted by Gasteiger charge is -1.96. The summed E-state index contributed by atoms with van der Waals surface area (Å²) in [6, 6.07) is 0. The van der Waals surface area contributed by atoms with Crippen LogP contribution in [-0.4, -0.2) is 21.3 Å². The van der Waals surface area contributed by atoms with E-state index in [4.69, 9.17) is 18.0 Å². The molecule has 1 heterocycles. The van der Waals surface area contributed by atoms with Gasteiger partial charge in [-0.25, -0.2) is 0 Å². The van der Waals surface area contributed by atoms with Crippen molar-refractivity contribution in [2.75, 3.05) is 6.54 Å². The molecule has 0 radical (unpaired) electrons.